The minimum atomic E-state index is -0.501. The van der Waals surface area contributed by atoms with Crippen LogP contribution in [0, 0.1) is 6.57 Å². The molecule has 3 aliphatic heterocycles. The second-order valence-electron chi connectivity index (χ2n) is 12.5. The highest BCUT2D eigenvalue weighted by atomic mass is 16.6. The lowest BCUT2D eigenvalue weighted by Gasteiger charge is -2.42. The van der Waals surface area contributed by atoms with Gasteiger partial charge >= 0.3 is 6.09 Å². The number of rotatable bonds is 5. The van der Waals surface area contributed by atoms with Gasteiger partial charge in [0.2, 0.25) is 0 Å². The quantitative estimate of drug-likeness (QED) is 0.343. The fraction of sp³-hybridized carbons (Fsp3) is 0.548. The predicted octanol–water partition coefficient (Wildman–Crippen LogP) is 6.02. The van der Waals surface area contributed by atoms with Crippen molar-refractivity contribution in [3.63, 3.8) is 0 Å². The molecule has 4 atom stereocenters. The van der Waals surface area contributed by atoms with Crippen LogP contribution < -0.4 is 4.90 Å². The zero-order valence-corrected chi connectivity index (χ0v) is 24.7. The monoisotopic (exact) mass is 570 g/mol. The minimum absolute atomic E-state index is 0.0595. The number of pyridine rings is 1. The maximum Gasteiger partial charge on any atom is 0.410 e. The summed E-state index contributed by atoms with van der Waals surface area (Å²) in [5, 5.41) is 13.5. The second-order valence-corrected chi connectivity index (χ2v) is 12.5. The van der Waals surface area contributed by atoms with E-state index in [0.717, 1.165) is 68.5 Å². The van der Waals surface area contributed by atoms with Crippen molar-refractivity contribution in [2.45, 2.75) is 95.7 Å². The van der Waals surface area contributed by atoms with Crippen molar-refractivity contribution < 1.29 is 14.3 Å². The molecule has 2 bridgehead atoms. The number of piperidine rings is 1. The molecular weight excluding hydrogens is 532 g/mol. The fourth-order valence-corrected chi connectivity index (χ4v) is 6.38. The van der Waals surface area contributed by atoms with E-state index in [4.69, 9.17) is 16.0 Å². The first kappa shape index (κ1) is 28.1. The highest BCUT2D eigenvalue weighted by Gasteiger charge is 2.46. The van der Waals surface area contributed by atoms with Gasteiger partial charge in [0.1, 0.15) is 17.5 Å². The summed E-state index contributed by atoms with van der Waals surface area (Å²) in [7, 11) is 2.04. The molecule has 0 radical (unpaired) electrons. The molecule has 3 aromatic rings. The summed E-state index contributed by atoms with van der Waals surface area (Å²) in [6, 6.07) is 8.23. The molecule has 0 aliphatic carbocycles. The van der Waals surface area contributed by atoms with Crippen LogP contribution in [0.25, 0.3) is 27.4 Å². The van der Waals surface area contributed by atoms with E-state index in [1.165, 1.54) is 0 Å². The molecule has 0 N–H and O–H groups in total. The Balaban J connectivity index is 1.14. The first-order chi connectivity index (χ1) is 20.2. The van der Waals surface area contributed by atoms with Crippen molar-refractivity contribution in [1.29, 1.82) is 0 Å². The largest absolute Gasteiger partial charge is 0.444 e. The molecule has 6 heterocycles. The summed E-state index contributed by atoms with van der Waals surface area (Å²) < 4.78 is 13.4. The van der Waals surface area contributed by atoms with Gasteiger partial charge in [0.05, 0.1) is 6.20 Å². The molecule has 0 saturated carbocycles. The SMILES string of the molecule is [C-]#[N+]c1nc(-c2ccc(N(C)C3CC4CC[C@H](C3)N4C(=O)OC(C)(C)C)nn2)ccc1-c1cnn(C2CCCCO2)c1. The van der Waals surface area contributed by atoms with E-state index in [-0.39, 0.29) is 30.4 Å². The normalized spacial score (nSPS) is 23.8. The molecule has 6 rings (SSSR count). The predicted molar refractivity (Wildman–Crippen MR) is 158 cm³/mol. The fourth-order valence-electron chi connectivity index (χ4n) is 6.38. The summed E-state index contributed by atoms with van der Waals surface area (Å²) in [6.45, 7) is 14.2. The molecule has 3 unspecified atom stereocenters. The molecule has 0 aromatic carbocycles. The standard InChI is InChI=1S/C31H38N8O3/c1-31(2,3)42-30(40)39-21-9-10-22(39)17-23(16-21)37(5)27-14-13-26(35-36-27)25-12-11-24(29(32-4)34-25)20-18-33-38(19-20)28-8-6-7-15-41-28/h11-14,18-19,21-23,28H,6-10,15-17H2,1-3,5H3/t21-,22?,23?,28?/m1/s1. The number of ether oxygens (including phenoxy) is 2. The summed E-state index contributed by atoms with van der Waals surface area (Å²) in [5.41, 5.74) is 2.27. The number of hydrogen-bond donors (Lipinski definition) is 0. The topological polar surface area (TPSA) is 103 Å². The van der Waals surface area contributed by atoms with Gasteiger partial charge in [-0.3, -0.25) is 0 Å². The summed E-state index contributed by atoms with van der Waals surface area (Å²) in [6.07, 6.45) is 10.3. The van der Waals surface area contributed by atoms with Crippen LogP contribution in [0.4, 0.5) is 16.4 Å². The highest BCUT2D eigenvalue weighted by molar-refractivity contribution is 5.77. The minimum Gasteiger partial charge on any atom is -0.444 e. The number of hydrogen-bond acceptors (Lipinski definition) is 8. The number of anilines is 1. The lowest BCUT2D eigenvalue weighted by molar-refractivity contribution is -0.0394. The van der Waals surface area contributed by atoms with E-state index in [9.17, 15) is 4.79 Å². The Kier molecular flexibility index (Phi) is 7.58. The van der Waals surface area contributed by atoms with E-state index in [2.05, 4.69) is 30.0 Å². The van der Waals surface area contributed by atoms with Crippen LogP contribution in [-0.2, 0) is 9.47 Å². The average Bonchev–Trinajstić information content (AvgIpc) is 3.58. The molecule has 3 saturated heterocycles. The van der Waals surface area contributed by atoms with Gasteiger partial charge in [-0.25, -0.2) is 9.48 Å². The van der Waals surface area contributed by atoms with E-state index in [1.807, 2.05) is 67.9 Å². The molecule has 11 heteroatoms. The van der Waals surface area contributed by atoms with Gasteiger partial charge in [0.15, 0.2) is 11.5 Å². The molecule has 3 aliphatic rings. The van der Waals surface area contributed by atoms with Gasteiger partial charge in [0, 0.05) is 49.1 Å². The molecular formula is C31H38N8O3. The lowest BCUT2D eigenvalue weighted by Crippen LogP contribution is -2.53. The van der Waals surface area contributed by atoms with Gasteiger partial charge in [-0.15, -0.1) is 15.2 Å². The smallest absolute Gasteiger partial charge is 0.410 e. The van der Waals surface area contributed by atoms with Crippen molar-refractivity contribution in [3.05, 3.63) is 48.1 Å². The Bertz CT molecular complexity index is 1450. The number of amides is 1. The Morgan fingerprint density at radius 1 is 1.07 bits per heavy atom. The molecule has 1 amide bonds. The number of carbonyl (C=O) groups is 1. The third-order valence-electron chi connectivity index (χ3n) is 8.48. The van der Waals surface area contributed by atoms with Crippen molar-refractivity contribution in [2.24, 2.45) is 0 Å². The molecule has 3 fully saturated rings. The van der Waals surface area contributed by atoms with Crippen molar-refractivity contribution in [2.75, 3.05) is 18.6 Å². The summed E-state index contributed by atoms with van der Waals surface area (Å²) in [5.74, 6) is 1.07. The third-order valence-corrected chi connectivity index (χ3v) is 8.48. The summed E-state index contributed by atoms with van der Waals surface area (Å²) in [4.78, 5) is 25.3. The van der Waals surface area contributed by atoms with Crippen LogP contribution in [0.1, 0.15) is 71.9 Å². The lowest BCUT2D eigenvalue weighted by atomic mass is 9.96. The van der Waals surface area contributed by atoms with Crippen LogP contribution in [0.2, 0.25) is 0 Å². The van der Waals surface area contributed by atoms with Gasteiger partial charge in [-0.2, -0.15) is 5.10 Å². The first-order valence-electron chi connectivity index (χ1n) is 14.8. The zero-order valence-electron chi connectivity index (χ0n) is 24.7. The maximum atomic E-state index is 12.8. The zero-order chi connectivity index (χ0) is 29.4. The molecule has 42 heavy (non-hydrogen) atoms. The van der Waals surface area contributed by atoms with Crippen molar-refractivity contribution >= 4 is 17.7 Å². The van der Waals surface area contributed by atoms with Gasteiger partial charge in [0.25, 0.3) is 5.82 Å². The van der Waals surface area contributed by atoms with Crippen LogP contribution in [0.3, 0.4) is 0 Å². The Hall–Kier alpha value is -4.04. The van der Waals surface area contributed by atoms with Crippen LogP contribution >= 0.6 is 0 Å². The van der Waals surface area contributed by atoms with Gasteiger partial charge < -0.3 is 24.1 Å². The Labute approximate surface area is 246 Å². The van der Waals surface area contributed by atoms with Crippen LogP contribution in [-0.4, -0.2) is 73.3 Å². The highest BCUT2D eigenvalue weighted by Crippen LogP contribution is 2.39. The molecule has 11 nitrogen and oxygen atoms in total. The average molecular weight is 571 g/mol. The van der Waals surface area contributed by atoms with E-state index in [0.29, 0.717) is 17.2 Å². The van der Waals surface area contributed by atoms with Crippen molar-refractivity contribution in [1.82, 2.24) is 29.9 Å². The van der Waals surface area contributed by atoms with E-state index in [1.54, 1.807) is 6.20 Å². The molecule has 0 spiro atoms. The number of carbonyl (C=O) groups excluding carboxylic acids is 1. The number of nitrogens with zero attached hydrogens (tertiary/aromatic N) is 8. The third kappa shape index (κ3) is 5.68. The Morgan fingerprint density at radius 2 is 1.83 bits per heavy atom. The van der Waals surface area contributed by atoms with E-state index < -0.39 is 5.60 Å². The van der Waals surface area contributed by atoms with E-state index >= 15 is 0 Å². The van der Waals surface area contributed by atoms with Gasteiger partial charge in [-0.1, -0.05) is 12.6 Å². The van der Waals surface area contributed by atoms with Gasteiger partial charge in [-0.05, 0) is 83.9 Å². The summed E-state index contributed by atoms with van der Waals surface area (Å²) >= 11 is 0. The Morgan fingerprint density at radius 3 is 2.48 bits per heavy atom. The van der Waals surface area contributed by atoms with Crippen LogP contribution in [0.15, 0.2) is 36.7 Å². The maximum absolute atomic E-state index is 12.8. The first-order valence-corrected chi connectivity index (χ1v) is 14.8. The number of aromatic nitrogens is 5. The number of fused-ring (bicyclic) bond motifs is 2. The molecule has 3 aromatic heterocycles. The molecule has 220 valence electrons. The second kappa shape index (κ2) is 11.3. The van der Waals surface area contributed by atoms with Crippen molar-refractivity contribution in [3.8, 4) is 22.5 Å². The van der Waals surface area contributed by atoms with Crippen LogP contribution in [0.5, 0.6) is 0 Å².